The fraction of sp³-hybridized carbons (Fsp3) is 0.353. The normalized spacial score (nSPS) is 20.7. The van der Waals surface area contributed by atoms with Crippen LogP contribution in [0.25, 0.3) is 0 Å². The van der Waals surface area contributed by atoms with Crippen molar-refractivity contribution in [3.63, 3.8) is 0 Å². The summed E-state index contributed by atoms with van der Waals surface area (Å²) < 4.78 is 33.5. The zero-order valence-corrected chi connectivity index (χ0v) is 14.8. The Labute approximate surface area is 158 Å². The fourth-order valence-electron chi connectivity index (χ4n) is 2.96. The van der Waals surface area contributed by atoms with Gasteiger partial charge in [0.05, 0.1) is 12.2 Å². The molecular formula is C17H16ClF2N3O4. The minimum atomic E-state index is -3.29. The lowest BCUT2D eigenvalue weighted by molar-refractivity contribution is -0.127. The number of hydrogen-bond acceptors (Lipinski definition) is 4. The summed E-state index contributed by atoms with van der Waals surface area (Å²) in [5.74, 6) is -4.85. The molecule has 1 aromatic rings. The first kappa shape index (κ1) is 19.1. The number of rotatable bonds is 4. The van der Waals surface area contributed by atoms with E-state index < -0.39 is 42.8 Å². The minimum Gasteiger partial charge on any atom is -0.482 e. The van der Waals surface area contributed by atoms with Gasteiger partial charge in [-0.1, -0.05) is 18.2 Å². The summed E-state index contributed by atoms with van der Waals surface area (Å²) >= 11 is 5.92. The SMILES string of the molecule is C=CC(=O)N1CC(NC(=O)CN2C(=O)COc3ccc(Cl)cc32)C(F)(F)C1. The molecule has 27 heavy (non-hydrogen) atoms. The van der Waals surface area contributed by atoms with Crippen molar-refractivity contribution >= 4 is 35.0 Å². The van der Waals surface area contributed by atoms with Crippen molar-refractivity contribution in [2.45, 2.75) is 12.0 Å². The van der Waals surface area contributed by atoms with E-state index >= 15 is 0 Å². The van der Waals surface area contributed by atoms with Crippen molar-refractivity contribution in [2.24, 2.45) is 0 Å². The smallest absolute Gasteiger partial charge is 0.286 e. The van der Waals surface area contributed by atoms with E-state index in [4.69, 9.17) is 16.3 Å². The highest BCUT2D eigenvalue weighted by Crippen LogP contribution is 2.34. The molecule has 1 fully saturated rings. The zero-order valence-electron chi connectivity index (χ0n) is 14.1. The van der Waals surface area contributed by atoms with E-state index in [2.05, 4.69) is 11.9 Å². The van der Waals surface area contributed by atoms with E-state index in [1.807, 2.05) is 0 Å². The monoisotopic (exact) mass is 399 g/mol. The average Bonchev–Trinajstić information content (AvgIpc) is 2.91. The van der Waals surface area contributed by atoms with E-state index in [-0.39, 0.29) is 18.8 Å². The molecule has 0 aromatic heterocycles. The number of hydrogen-bond donors (Lipinski definition) is 1. The summed E-state index contributed by atoms with van der Waals surface area (Å²) in [5, 5.41) is 2.54. The van der Waals surface area contributed by atoms with Crippen LogP contribution in [0.15, 0.2) is 30.9 Å². The van der Waals surface area contributed by atoms with Crippen LogP contribution >= 0.6 is 11.6 Å². The average molecular weight is 400 g/mol. The lowest BCUT2D eigenvalue weighted by atomic mass is 10.2. The van der Waals surface area contributed by atoms with Crippen LogP contribution in [0, 0.1) is 0 Å². The van der Waals surface area contributed by atoms with Gasteiger partial charge in [-0.25, -0.2) is 8.78 Å². The predicted molar refractivity (Wildman–Crippen MR) is 93.0 cm³/mol. The lowest BCUT2D eigenvalue weighted by Crippen LogP contribution is -2.51. The number of ether oxygens (including phenoxy) is 1. The first-order valence-electron chi connectivity index (χ1n) is 8.02. The number of likely N-dealkylation sites (tertiary alicyclic amines) is 1. The first-order valence-corrected chi connectivity index (χ1v) is 8.40. The van der Waals surface area contributed by atoms with Crippen molar-refractivity contribution < 1.29 is 27.9 Å². The Hall–Kier alpha value is -2.68. The molecule has 1 N–H and O–H groups in total. The summed E-state index contributed by atoms with van der Waals surface area (Å²) in [6.45, 7) is 1.36. The highest BCUT2D eigenvalue weighted by atomic mass is 35.5. The summed E-state index contributed by atoms with van der Waals surface area (Å²) in [6.07, 6.45) is 0.938. The molecule has 144 valence electrons. The molecule has 2 aliphatic rings. The van der Waals surface area contributed by atoms with Crippen LogP contribution in [0.3, 0.4) is 0 Å². The van der Waals surface area contributed by atoms with Gasteiger partial charge < -0.3 is 15.0 Å². The van der Waals surface area contributed by atoms with Crippen molar-refractivity contribution in [1.82, 2.24) is 10.2 Å². The number of carbonyl (C=O) groups is 3. The number of amides is 3. The number of nitrogens with zero attached hydrogens (tertiary/aromatic N) is 2. The molecule has 1 atom stereocenters. The molecule has 3 rings (SSSR count). The highest BCUT2D eigenvalue weighted by molar-refractivity contribution is 6.31. The Morgan fingerprint density at radius 1 is 1.44 bits per heavy atom. The zero-order chi connectivity index (χ0) is 19.8. The molecule has 0 saturated carbocycles. The first-order chi connectivity index (χ1) is 12.7. The lowest BCUT2D eigenvalue weighted by Gasteiger charge is -2.29. The summed E-state index contributed by atoms with van der Waals surface area (Å²) in [7, 11) is 0. The number of fused-ring (bicyclic) bond motifs is 1. The molecule has 0 aliphatic carbocycles. The van der Waals surface area contributed by atoms with Crippen LogP contribution in [-0.4, -0.2) is 60.8 Å². The van der Waals surface area contributed by atoms with Gasteiger partial charge in [0, 0.05) is 11.6 Å². The van der Waals surface area contributed by atoms with Crippen LogP contribution in [0.4, 0.5) is 14.5 Å². The minimum absolute atomic E-state index is 0.275. The van der Waals surface area contributed by atoms with E-state index in [1.165, 1.54) is 6.07 Å². The molecule has 0 radical (unpaired) electrons. The second-order valence-corrected chi connectivity index (χ2v) is 6.62. The third-order valence-electron chi connectivity index (χ3n) is 4.30. The van der Waals surface area contributed by atoms with Gasteiger partial charge in [-0.2, -0.15) is 0 Å². The molecule has 2 heterocycles. The van der Waals surface area contributed by atoms with Gasteiger partial charge in [0.2, 0.25) is 11.8 Å². The van der Waals surface area contributed by atoms with E-state index in [1.54, 1.807) is 12.1 Å². The van der Waals surface area contributed by atoms with Gasteiger partial charge in [0.25, 0.3) is 11.8 Å². The molecule has 1 aromatic carbocycles. The number of halogens is 3. The van der Waals surface area contributed by atoms with Crippen molar-refractivity contribution in [2.75, 3.05) is 31.1 Å². The maximum Gasteiger partial charge on any atom is 0.286 e. The number of alkyl halides is 2. The van der Waals surface area contributed by atoms with Gasteiger partial charge in [-0.05, 0) is 24.3 Å². The Morgan fingerprint density at radius 2 is 2.19 bits per heavy atom. The molecule has 0 spiro atoms. The molecule has 10 heteroatoms. The van der Waals surface area contributed by atoms with E-state index in [0.717, 1.165) is 15.9 Å². The van der Waals surface area contributed by atoms with Crippen LogP contribution in [0.1, 0.15) is 0 Å². The van der Waals surface area contributed by atoms with Crippen LogP contribution in [-0.2, 0) is 14.4 Å². The van der Waals surface area contributed by atoms with Crippen LogP contribution in [0.2, 0.25) is 5.02 Å². The third-order valence-corrected chi connectivity index (χ3v) is 4.54. The molecule has 7 nitrogen and oxygen atoms in total. The molecule has 1 unspecified atom stereocenters. The number of benzene rings is 1. The van der Waals surface area contributed by atoms with Gasteiger partial charge in [-0.3, -0.25) is 19.3 Å². The molecule has 2 aliphatic heterocycles. The van der Waals surface area contributed by atoms with Gasteiger partial charge in [0.15, 0.2) is 6.61 Å². The van der Waals surface area contributed by atoms with Crippen molar-refractivity contribution in [3.8, 4) is 5.75 Å². The standard InChI is InChI=1S/C17H16ClF2N3O4/c1-2-15(25)22-6-13(17(19,20)9-22)21-14(24)7-23-11-5-10(18)3-4-12(11)27-8-16(23)26/h2-5,13H,1,6-9H2,(H,21,24). The molecular weight excluding hydrogens is 384 g/mol. The highest BCUT2D eigenvalue weighted by Gasteiger charge is 2.50. The Morgan fingerprint density at radius 3 is 2.89 bits per heavy atom. The van der Waals surface area contributed by atoms with E-state index in [9.17, 15) is 23.2 Å². The Kier molecular flexibility index (Phi) is 5.05. The van der Waals surface area contributed by atoms with Crippen LogP contribution in [0.5, 0.6) is 5.75 Å². The molecule has 3 amide bonds. The number of nitrogens with one attached hydrogen (secondary N) is 1. The molecule has 0 bridgehead atoms. The van der Waals surface area contributed by atoms with Crippen molar-refractivity contribution in [3.05, 3.63) is 35.9 Å². The fourth-order valence-corrected chi connectivity index (χ4v) is 3.13. The predicted octanol–water partition coefficient (Wildman–Crippen LogP) is 1.21. The summed E-state index contributed by atoms with van der Waals surface area (Å²) in [5.41, 5.74) is 0.288. The largest absolute Gasteiger partial charge is 0.482 e. The maximum atomic E-state index is 14.1. The second-order valence-electron chi connectivity index (χ2n) is 6.18. The molecule has 1 saturated heterocycles. The van der Waals surface area contributed by atoms with Crippen LogP contribution < -0.4 is 15.0 Å². The Bertz CT molecular complexity index is 817. The Balaban J connectivity index is 1.71. The van der Waals surface area contributed by atoms with Gasteiger partial charge in [0.1, 0.15) is 18.3 Å². The van der Waals surface area contributed by atoms with Gasteiger partial charge >= 0.3 is 0 Å². The summed E-state index contributed by atoms with van der Waals surface area (Å²) in [6, 6.07) is 3.02. The van der Waals surface area contributed by atoms with Gasteiger partial charge in [-0.15, -0.1) is 0 Å². The topological polar surface area (TPSA) is 79.0 Å². The number of anilines is 1. The maximum absolute atomic E-state index is 14.1. The van der Waals surface area contributed by atoms with Crippen molar-refractivity contribution in [1.29, 1.82) is 0 Å². The second kappa shape index (κ2) is 7.15. The third kappa shape index (κ3) is 3.87. The number of carbonyl (C=O) groups excluding carboxylic acids is 3. The summed E-state index contributed by atoms with van der Waals surface area (Å²) in [4.78, 5) is 38.0. The quantitative estimate of drug-likeness (QED) is 0.772. The van der Waals surface area contributed by atoms with E-state index in [0.29, 0.717) is 10.8 Å².